The lowest BCUT2D eigenvalue weighted by molar-refractivity contribution is 0.0923. The first-order chi connectivity index (χ1) is 28.9. The molecule has 11 nitrogen and oxygen atoms in total. The number of phenolic OH excluding ortho intramolecular Hbond substituents is 1. The number of aromatic nitrogens is 3. The number of nitrogens with zero attached hydrogens (tertiary/aromatic N) is 3. The highest BCUT2D eigenvalue weighted by molar-refractivity contribution is 6.08. The molecule has 0 fully saturated rings. The molecule has 2 aromatic heterocycles. The van der Waals surface area contributed by atoms with Crippen molar-refractivity contribution in [2.75, 3.05) is 26.4 Å². The average molecular weight is 796 g/mol. The van der Waals surface area contributed by atoms with Gasteiger partial charge in [-0.05, 0) is 85.0 Å². The Balaban J connectivity index is 0.802. The molecule has 0 aliphatic rings. The maximum Gasteiger partial charge on any atom is 0.235 e. The van der Waals surface area contributed by atoms with Crippen molar-refractivity contribution in [2.45, 2.75) is 32.4 Å². The average Bonchev–Trinajstić information content (AvgIpc) is 3.72. The molecule has 5 aromatic carbocycles. The molecule has 1 N–H and O–H groups in total. The second-order valence-electron chi connectivity index (χ2n) is 13.6. The Hall–Kier alpha value is -7.05. The maximum absolute atomic E-state index is 13.5. The van der Waals surface area contributed by atoms with Crippen molar-refractivity contribution >= 4 is 22.8 Å². The molecule has 0 bridgehead atoms. The molecule has 7 aromatic rings. The number of rotatable bonds is 20. The van der Waals surface area contributed by atoms with Crippen LogP contribution in [0, 0.1) is 5.82 Å². The standard InChI is InChI=1S/C47H42FN3O8/c48-36-19-22-40(43(53)30-36)42(52)23-18-33-16-20-38(21-17-33)56-25-7-6-12-37-31-51(50-49-37)24-26-55-27-28-57-39-13-8-11-35(29-39)46-47(58-32-34-9-2-1-3-10-34)45(54)41-14-4-5-15-44(41)59-46/h1-5,8-11,13-23,29-31,53H,6-7,12,24-28,32H2/b23-18+. The Morgan fingerprint density at radius 1 is 0.797 bits per heavy atom. The molecule has 0 saturated heterocycles. The van der Waals surface area contributed by atoms with E-state index in [0.29, 0.717) is 66.8 Å². The summed E-state index contributed by atoms with van der Waals surface area (Å²) in [6.07, 6.45) is 7.35. The number of ether oxygens (including phenoxy) is 4. The fourth-order valence-electron chi connectivity index (χ4n) is 6.19. The maximum atomic E-state index is 13.5. The SMILES string of the molecule is O=C(/C=C/c1ccc(OCCCCc2cn(CCOCCOc3cccc(-c4oc5ccccc5c(=O)c4OCc4ccccc4)c3)nn2)cc1)c1ccc(F)cc1O. The van der Waals surface area contributed by atoms with E-state index >= 15 is 0 Å². The molecule has 0 saturated carbocycles. The first kappa shape index (κ1) is 40.2. The quantitative estimate of drug-likeness (QED) is 0.0453. The molecule has 0 radical (unpaired) electrons. The van der Waals surface area contributed by atoms with Crippen molar-refractivity contribution in [3.05, 3.63) is 172 Å². The van der Waals surface area contributed by atoms with Gasteiger partial charge < -0.3 is 28.5 Å². The van der Waals surface area contributed by atoms with Crippen molar-refractivity contribution in [3.8, 4) is 34.3 Å². The van der Waals surface area contributed by atoms with Gasteiger partial charge in [0.15, 0.2) is 11.5 Å². The molecule has 300 valence electrons. The first-order valence-electron chi connectivity index (χ1n) is 19.3. The van der Waals surface area contributed by atoms with Gasteiger partial charge in [-0.1, -0.05) is 78.0 Å². The number of aromatic hydroxyl groups is 1. The number of benzene rings is 5. The van der Waals surface area contributed by atoms with Crippen molar-refractivity contribution in [1.29, 1.82) is 0 Å². The van der Waals surface area contributed by atoms with Gasteiger partial charge in [-0.3, -0.25) is 9.59 Å². The van der Waals surface area contributed by atoms with E-state index < -0.39 is 17.3 Å². The van der Waals surface area contributed by atoms with Crippen molar-refractivity contribution < 1.29 is 37.7 Å². The summed E-state index contributed by atoms with van der Waals surface area (Å²) in [5, 5.41) is 18.8. The van der Waals surface area contributed by atoms with Crippen LogP contribution in [0.4, 0.5) is 4.39 Å². The second kappa shape index (κ2) is 19.9. The highest BCUT2D eigenvalue weighted by Gasteiger charge is 2.18. The topological polar surface area (TPSA) is 135 Å². The van der Waals surface area contributed by atoms with Gasteiger partial charge in [-0.15, -0.1) is 5.10 Å². The number of aryl methyl sites for hydroxylation is 1. The van der Waals surface area contributed by atoms with E-state index in [1.54, 1.807) is 29.0 Å². The summed E-state index contributed by atoms with van der Waals surface area (Å²) in [6.45, 7) is 2.43. The molecular weight excluding hydrogens is 754 g/mol. The highest BCUT2D eigenvalue weighted by atomic mass is 19.1. The summed E-state index contributed by atoms with van der Waals surface area (Å²) < 4.78 is 44.9. The van der Waals surface area contributed by atoms with Crippen LogP contribution in [0.2, 0.25) is 0 Å². The smallest absolute Gasteiger partial charge is 0.235 e. The van der Waals surface area contributed by atoms with Crippen molar-refractivity contribution in [1.82, 2.24) is 15.0 Å². The number of carbonyl (C=O) groups excluding carboxylic acids is 1. The van der Waals surface area contributed by atoms with E-state index in [0.717, 1.165) is 48.2 Å². The summed E-state index contributed by atoms with van der Waals surface area (Å²) in [5.74, 6) is 0.377. The number of unbranched alkanes of at least 4 members (excludes halogenated alkanes) is 1. The van der Waals surface area contributed by atoms with Crippen LogP contribution in [0.15, 0.2) is 143 Å². The number of phenols is 1. The summed E-state index contributed by atoms with van der Waals surface area (Å²) in [5.41, 5.74) is 3.54. The summed E-state index contributed by atoms with van der Waals surface area (Å²) in [4.78, 5) is 25.9. The number of halogens is 1. The van der Waals surface area contributed by atoms with Crippen molar-refractivity contribution in [2.24, 2.45) is 0 Å². The van der Waals surface area contributed by atoms with Crippen LogP contribution in [0.5, 0.6) is 23.0 Å². The monoisotopic (exact) mass is 795 g/mol. The van der Waals surface area contributed by atoms with Crippen LogP contribution >= 0.6 is 0 Å². The van der Waals surface area contributed by atoms with E-state index in [4.69, 9.17) is 23.4 Å². The van der Waals surface area contributed by atoms with Crippen molar-refractivity contribution in [3.63, 3.8) is 0 Å². The number of allylic oxidation sites excluding steroid dienone is 1. The molecule has 2 heterocycles. The van der Waals surface area contributed by atoms with E-state index in [2.05, 4.69) is 10.3 Å². The zero-order chi connectivity index (χ0) is 40.8. The third kappa shape index (κ3) is 11.1. The molecule has 59 heavy (non-hydrogen) atoms. The van der Waals surface area contributed by atoms with Gasteiger partial charge in [-0.2, -0.15) is 0 Å². The van der Waals surface area contributed by atoms with Gasteiger partial charge in [0, 0.05) is 17.8 Å². The Kier molecular flexibility index (Phi) is 13.5. The Morgan fingerprint density at radius 3 is 2.46 bits per heavy atom. The largest absolute Gasteiger partial charge is 0.507 e. The predicted molar refractivity (Wildman–Crippen MR) is 221 cm³/mol. The number of hydrogen-bond donors (Lipinski definition) is 1. The third-order valence-corrected chi connectivity index (χ3v) is 9.25. The minimum atomic E-state index is -0.608. The molecule has 0 spiro atoms. The van der Waals surface area contributed by atoms with Crippen LogP contribution in [-0.2, 0) is 24.3 Å². The van der Waals surface area contributed by atoms with Gasteiger partial charge in [0.2, 0.25) is 11.2 Å². The minimum absolute atomic E-state index is 0.0372. The van der Waals surface area contributed by atoms with E-state index in [-0.39, 0.29) is 23.3 Å². The van der Waals surface area contributed by atoms with Gasteiger partial charge in [0.05, 0.1) is 43.0 Å². The highest BCUT2D eigenvalue weighted by Crippen LogP contribution is 2.33. The molecule has 0 aliphatic heterocycles. The Bertz CT molecular complexity index is 2570. The lowest BCUT2D eigenvalue weighted by Gasteiger charge is -2.13. The molecule has 0 aliphatic carbocycles. The second-order valence-corrected chi connectivity index (χ2v) is 13.6. The summed E-state index contributed by atoms with van der Waals surface area (Å²) in [6, 6.07) is 34.7. The van der Waals surface area contributed by atoms with Gasteiger partial charge in [-0.25, -0.2) is 9.07 Å². The molecule has 12 heteroatoms. The normalized spacial score (nSPS) is 11.3. The summed E-state index contributed by atoms with van der Waals surface area (Å²) in [7, 11) is 0. The lowest BCUT2D eigenvalue weighted by Crippen LogP contribution is -2.12. The van der Waals surface area contributed by atoms with Crippen LogP contribution in [0.3, 0.4) is 0 Å². The van der Waals surface area contributed by atoms with Crippen LogP contribution < -0.4 is 19.6 Å². The number of carbonyl (C=O) groups is 1. The Morgan fingerprint density at radius 2 is 1.61 bits per heavy atom. The number of para-hydroxylation sites is 1. The zero-order valence-electron chi connectivity index (χ0n) is 32.2. The Labute approximate surface area is 339 Å². The van der Waals surface area contributed by atoms with Gasteiger partial charge >= 0.3 is 0 Å². The van der Waals surface area contributed by atoms with E-state index in [1.165, 1.54) is 12.1 Å². The molecule has 0 atom stereocenters. The zero-order valence-corrected chi connectivity index (χ0v) is 32.2. The van der Waals surface area contributed by atoms with E-state index in [1.807, 2.05) is 91.1 Å². The molecule has 0 unspecified atom stereocenters. The summed E-state index contributed by atoms with van der Waals surface area (Å²) >= 11 is 0. The van der Waals surface area contributed by atoms with Crippen LogP contribution in [-0.4, -0.2) is 52.3 Å². The fourth-order valence-corrected chi connectivity index (χ4v) is 6.19. The molecule has 7 rings (SSSR count). The minimum Gasteiger partial charge on any atom is -0.507 e. The fraction of sp³-hybridized carbons (Fsp3) is 0.191. The number of ketones is 1. The third-order valence-electron chi connectivity index (χ3n) is 9.25. The van der Waals surface area contributed by atoms with E-state index in [9.17, 15) is 19.1 Å². The predicted octanol–water partition coefficient (Wildman–Crippen LogP) is 8.87. The lowest BCUT2D eigenvalue weighted by atomic mass is 10.1. The van der Waals surface area contributed by atoms with Gasteiger partial charge in [0.25, 0.3) is 0 Å². The molecular formula is C47H42FN3O8. The molecule has 0 amide bonds. The number of hydrogen-bond acceptors (Lipinski definition) is 10. The van der Waals surface area contributed by atoms with Crippen LogP contribution in [0.1, 0.15) is 40.0 Å². The van der Waals surface area contributed by atoms with Gasteiger partial charge in [0.1, 0.15) is 41.9 Å². The number of fused-ring (bicyclic) bond motifs is 1. The first-order valence-corrected chi connectivity index (χ1v) is 19.3. The van der Waals surface area contributed by atoms with Crippen LogP contribution in [0.25, 0.3) is 28.4 Å².